The maximum Gasteiger partial charge on any atom is 0.164 e. The Morgan fingerprint density at radius 2 is 0.590 bits per heavy atom. The van der Waals surface area contributed by atoms with Crippen molar-refractivity contribution in [3.8, 4) is 89.8 Å². The molecule has 0 aliphatic carbocycles. The molecule has 0 N–H and O–H groups in total. The van der Waals surface area contributed by atoms with Crippen LogP contribution in [0.5, 0.6) is 0 Å². The molecule has 2 aromatic heterocycles. The number of aromatic nitrogens is 3. The van der Waals surface area contributed by atoms with Crippen LogP contribution >= 0.6 is 11.3 Å². The second kappa shape index (κ2) is 15.8. The minimum Gasteiger partial charge on any atom is -0.208 e. The van der Waals surface area contributed by atoms with Crippen molar-refractivity contribution >= 4 is 31.5 Å². The Kier molecular flexibility index (Phi) is 9.38. The number of nitrogens with zero attached hydrogens (tertiary/aromatic N) is 3. The number of rotatable bonds is 8. The summed E-state index contributed by atoms with van der Waals surface area (Å²) in [6, 6.07) is 79.3. The highest BCUT2D eigenvalue weighted by molar-refractivity contribution is 7.26. The van der Waals surface area contributed by atoms with E-state index in [1.165, 1.54) is 53.7 Å². The molecular formula is C57H37N3S. The molecule has 0 bridgehead atoms. The topological polar surface area (TPSA) is 38.7 Å². The van der Waals surface area contributed by atoms with Crippen LogP contribution in [-0.4, -0.2) is 15.0 Å². The van der Waals surface area contributed by atoms with Gasteiger partial charge >= 0.3 is 0 Å². The standard InChI is InChI=1S/C57H37N3S/c1-4-12-38(13-5-1)41-22-24-44(25-23-41)45-30-36-48(37-31-45)56-58-55(47-34-28-43(29-35-47)40-16-8-3-9-17-40)59-57(60-56)51-20-11-21-52-53(51)50-19-10-18-49(54(50)61-52)46-32-26-42(27-33-46)39-14-6-2-7-15-39/h1-37H. The van der Waals surface area contributed by atoms with Crippen LogP contribution in [0.1, 0.15) is 0 Å². The zero-order chi connectivity index (χ0) is 40.5. The highest BCUT2D eigenvalue weighted by Crippen LogP contribution is 2.44. The van der Waals surface area contributed by atoms with Crippen LogP contribution in [0.4, 0.5) is 0 Å². The van der Waals surface area contributed by atoms with Crippen molar-refractivity contribution in [2.75, 3.05) is 0 Å². The van der Waals surface area contributed by atoms with Crippen molar-refractivity contribution in [3.63, 3.8) is 0 Å². The molecule has 3 nitrogen and oxygen atoms in total. The summed E-state index contributed by atoms with van der Waals surface area (Å²) >= 11 is 1.82. The molecule has 0 fully saturated rings. The summed E-state index contributed by atoms with van der Waals surface area (Å²) in [5, 5.41) is 2.35. The summed E-state index contributed by atoms with van der Waals surface area (Å²) in [5.74, 6) is 1.92. The Morgan fingerprint density at radius 3 is 1.03 bits per heavy atom. The van der Waals surface area contributed by atoms with Gasteiger partial charge in [0.25, 0.3) is 0 Å². The van der Waals surface area contributed by atoms with Crippen molar-refractivity contribution in [2.45, 2.75) is 0 Å². The summed E-state index contributed by atoms with van der Waals surface area (Å²) in [6.07, 6.45) is 0. The van der Waals surface area contributed by atoms with Gasteiger partial charge in [0.15, 0.2) is 17.5 Å². The molecule has 0 amide bonds. The van der Waals surface area contributed by atoms with E-state index in [0.717, 1.165) is 38.8 Å². The monoisotopic (exact) mass is 795 g/mol. The van der Waals surface area contributed by atoms with Gasteiger partial charge in [-0.25, -0.2) is 15.0 Å². The molecule has 11 rings (SSSR count). The minimum absolute atomic E-state index is 0.633. The van der Waals surface area contributed by atoms with Crippen molar-refractivity contribution in [1.29, 1.82) is 0 Å². The van der Waals surface area contributed by atoms with Crippen LogP contribution in [0.3, 0.4) is 0 Å². The van der Waals surface area contributed by atoms with E-state index in [1.807, 2.05) is 23.5 Å². The van der Waals surface area contributed by atoms with Gasteiger partial charge in [-0.2, -0.15) is 0 Å². The fraction of sp³-hybridized carbons (Fsp3) is 0. The molecule has 0 aliphatic heterocycles. The molecule has 0 saturated heterocycles. The van der Waals surface area contributed by atoms with Crippen molar-refractivity contribution in [3.05, 3.63) is 224 Å². The number of hydrogen-bond acceptors (Lipinski definition) is 4. The van der Waals surface area contributed by atoms with Gasteiger partial charge in [0.2, 0.25) is 0 Å². The van der Waals surface area contributed by atoms with Crippen LogP contribution in [0.15, 0.2) is 224 Å². The first-order chi connectivity index (χ1) is 30.2. The van der Waals surface area contributed by atoms with Gasteiger partial charge in [-0.3, -0.25) is 0 Å². The average molecular weight is 796 g/mol. The number of benzene rings is 9. The van der Waals surface area contributed by atoms with Gasteiger partial charge in [-0.05, 0) is 61.7 Å². The lowest BCUT2D eigenvalue weighted by Gasteiger charge is -2.11. The van der Waals surface area contributed by atoms with Crippen molar-refractivity contribution in [2.24, 2.45) is 0 Å². The molecule has 0 atom stereocenters. The molecule has 11 aromatic rings. The first kappa shape index (κ1) is 36.3. The van der Waals surface area contributed by atoms with E-state index in [1.54, 1.807) is 0 Å². The minimum atomic E-state index is 0.633. The summed E-state index contributed by atoms with van der Waals surface area (Å²) in [6.45, 7) is 0. The lowest BCUT2D eigenvalue weighted by Crippen LogP contribution is -2.00. The Bertz CT molecular complexity index is 3290. The third kappa shape index (κ3) is 7.09. The summed E-state index contributed by atoms with van der Waals surface area (Å²) in [5.41, 5.74) is 14.7. The van der Waals surface area contributed by atoms with Crippen LogP contribution in [0.2, 0.25) is 0 Å². The van der Waals surface area contributed by atoms with Crippen LogP contribution in [0.25, 0.3) is 110 Å². The largest absolute Gasteiger partial charge is 0.208 e. The normalized spacial score (nSPS) is 11.3. The van der Waals surface area contributed by atoms with Crippen molar-refractivity contribution in [1.82, 2.24) is 15.0 Å². The number of thiophene rings is 1. The summed E-state index contributed by atoms with van der Waals surface area (Å²) < 4.78 is 2.44. The lowest BCUT2D eigenvalue weighted by atomic mass is 9.98. The fourth-order valence-electron chi connectivity index (χ4n) is 8.23. The van der Waals surface area contributed by atoms with Gasteiger partial charge in [0, 0.05) is 36.9 Å². The average Bonchev–Trinajstić information content (AvgIpc) is 3.74. The molecule has 286 valence electrons. The summed E-state index contributed by atoms with van der Waals surface area (Å²) in [4.78, 5) is 15.6. The van der Waals surface area contributed by atoms with Gasteiger partial charge in [0.05, 0.1) is 0 Å². The molecule has 4 heteroatoms. The van der Waals surface area contributed by atoms with Crippen LogP contribution in [-0.2, 0) is 0 Å². The molecule has 0 aliphatic rings. The Labute approximate surface area is 359 Å². The highest BCUT2D eigenvalue weighted by atomic mass is 32.1. The SMILES string of the molecule is c1ccc(-c2ccc(-c3ccc(-c4nc(-c5ccc(-c6ccccc6)cc5)nc(-c5cccc6sc7c(-c8ccc(-c9ccccc9)cc8)cccc7c56)n4)cc3)cc2)cc1. The number of hydrogen-bond donors (Lipinski definition) is 0. The van der Waals surface area contributed by atoms with E-state index in [-0.39, 0.29) is 0 Å². The molecule has 61 heavy (non-hydrogen) atoms. The van der Waals surface area contributed by atoms with Gasteiger partial charge in [0.1, 0.15) is 0 Å². The highest BCUT2D eigenvalue weighted by Gasteiger charge is 2.19. The Balaban J connectivity index is 1.00. The van der Waals surface area contributed by atoms with Gasteiger partial charge in [-0.1, -0.05) is 218 Å². The number of fused-ring (bicyclic) bond motifs is 3. The quantitative estimate of drug-likeness (QED) is 0.154. The third-order valence-corrected chi connectivity index (χ3v) is 12.6. The predicted octanol–water partition coefficient (Wildman–Crippen LogP) is 15.6. The molecule has 0 radical (unpaired) electrons. The van der Waals surface area contributed by atoms with E-state index in [2.05, 4.69) is 212 Å². The maximum atomic E-state index is 5.25. The first-order valence-corrected chi connectivity index (χ1v) is 21.3. The Hall–Kier alpha value is -7.79. The van der Waals surface area contributed by atoms with Gasteiger partial charge in [-0.15, -0.1) is 11.3 Å². The molecule has 9 aromatic carbocycles. The summed E-state index contributed by atoms with van der Waals surface area (Å²) in [7, 11) is 0. The molecule has 2 heterocycles. The van der Waals surface area contributed by atoms with Gasteiger partial charge < -0.3 is 0 Å². The maximum absolute atomic E-state index is 5.25. The first-order valence-electron chi connectivity index (χ1n) is 20.5. The molecule has 0 unspecified atom stereocenters. The van der Waals surface area contributed by atoms with E-state index in [9.17, 15) is 0 Å². The van der Waals surface area contributed by atoms with E-state index >= 15 is 0 Å². The molecule has 0 saturated carbocycles. The van der Waals surface area contributed by atoms with E-state index in [4.69, 9.17) is 15.0 Å². The lowest BCUT2D eigenvalue weighted by molar-refractivity contribution is 1.08. The van der Waals surface area contributed by atoms with Crippen molar-refractivity contribution < 1.29 is 0 Å². The smallest absolute Gasteiger partial charge is 0.164 e. The molecule has 0 spiro atoms. The van der Waals surface area contributed by atoms with Crippen LogP contribution in [0, 0.1) is 0 Å². The van der Waals surface area contributed by atoms with E-state index < -0.39 is 0 Å². The zero-order valence-corrected chi connectivity index (χ0v) is 33.9. The predicted molar refractivity (Wildman–Crippen MR) is 256 cm³/mol. The van der Waals surface area contributed by atoms with Crippen LogP contribution < -0.4 is 0 Å². The fourth-order valence-corrected chi connectivity index (χ4v) is 9.49. The second-order valence-corrected chi connectivity index (χ2v) is 16.2. The molecular weight excluding hydrogens is 759 g/mol. The van der Waals surface area contributed by atoms with E-state index in [0.29, 0.717) is 17.5 Å². The Morgan fingerprint density at radius 1 is 0.246 bits per heavy atom. The third-order valence-electron chi connectivity index (χ3n) is 11.4. The second-order valence-electron chi connectivity index (χ2n) is 15.2. The zero-order valence-electron chi connectivity index (χ0n) is 33.1.